The van der Waals surface area contributed by atoms with E-state index in [-0.39, 0.29) is 0 Å². The molecule has 0 heteroatoms. The van der Waals surface area contributed by atoms with Crippen molar-refractivity contribution in [3.8, 4) is 0 Å². The lowest BCUT2D eigenvalue weighted by atomic mass is 9.84. The highest BCUT2D eigenvalue weighted by Gasteiger charge is 2.59. The summed E-state index contributed by atoms with van der Waals surface area (Å²) in [5.74, 6) is 1.87. The molecule has 3 unspecified atom stereocenters. The molecule has 0 radical (unpaired) electrons. The Morgan fingerprint density at radius 2 is 2.33 bits per heavy atom. The largest absolute Gasteiger partial charge is 0.0859 e. The molecule has 1 fully saturated rings. The molecular weight excluding hydrogens is 180 g/mol. The third-order valence-corrected chi connectivity index (χ3v) is 4.61. The Bertz CT molecular complexity index is 304. The second-order valence-electron chi connectivity index (χ2n) is 5.90. The van der Waals surface area contributed by atoms with E-state index in [0.29, 0.717) is 5.41 Å². The van der Waals surface area contributed by atoms with Gasteiger partial charge in [-0.1, -0.05) is 30.2 Å². The zero-order valence-electron chi connectivity index (χ0n) is 10.6. The van der Waals surface area contributed by atoms with Crippen LogP contribution in [0, 0.1) is 17.3 Å². The van der Waals surface area contributed by atoms with Gasteiger partial charge in [-0.25, -0.2) is 0 Å². The molecule has 0 aromatic carbocycles. The molecular formula is C15H24. The molecule has 15 heavy (non-hydrogen) atoms. The van der Waals surface area contributed by atoms with Gasteiger partial charge >= 0.3 is 0 Å². The number of allylic oxidation sites excluding steroid dienone is 4. The Labute approximate surface area is 94.5 Å². The van der Waals surface area contributed by atoms with Crippen LogP contribution in [0.25, 0.3) is 0 Å². The SMILES string of the molecule is CC(C)=CCCC(C)C12CC=C(C)C1C2. The molecule has 84 valence electrons. The van der Waals surface area contributed by atoms with Gasteiger partial charge in [0.05, 0.1) is 0 Å². The van der Waals surface area contributed by atoms with Crippen LogP contribution >= 0.6 is 0 Å². The third-order valence-electron chi connectivity index (χ3n) is 4.61. The van der Waals surface area contributed by atoms with E-state index in [0.717, 1.165) is 11.8 Å². The summed E-state index contributed by atoms with van der Waals surface area (Å²) in [6.07, 6.45) is 10.4. The topological polar surface area (TPSA) is 0 Å². The second-order valence-corrected chi connectivity index (χ2v) is 5.90. The zero-order chi connectivity index (χ0) is 11.1. The Hall–Kier alpha value is -0.520. The minimum Gasteiger partial charge on any atom is -0.0859 e. The van der Waals surface area contributed by atoms with E-state index in [1.54, 1.807) is 5.57 Å². The van der Waals surface area contributed by atoms with Crippen LogP contribution in [0.1, 0.15) is 53.4 Å². The summed E-state index contributed by atoms with van der Waals surface area (Å²) in [5, 5.41) is 0. The van der Waals surface area contributed by atoms with Gasteiger partial charge in [-0.15, -0.1) is 0 Å². The van der Waals surface area contributed by atoms with E-state index in [2.05, 4.69) is 39.8 Å². The number of hydrogen-bond donors (Lipinski definition) is 0. The molecule has 0 heterocycles. The van der Waals surface area contributed by atoms with Crippen LogP contribution in [0.2, 0.25) is 0 Å². The molecule has 0 saturated heterocycles. The molecule has 0 aliphatic heterocycles. The lowest BCUT2D eigenvalue weighted by Crippen LogP contribution is -2.12. The Balaban J connectivity index is 1.84. The lowest BCUT2D eigenvalue weighted by Gasteiger charge is -2.20. The molecule has 2 aliphatic carbocycles. The van der Waals surface area contributed by atoms with Crippen LogP contribution in [0.5, 0.6) is 0 Å². The van der Waals surface area contributed by atoms with Crippen LogP contribution in [0.4, 0.5) is 0 Å². The first kappa shape index (κ1) is 11.0. The number of fused-ring (bicyclic) bond motifs is 1. The molecule has 2 rings (SSSR count). The van der Waals surface area contributed by atoms with Crippen molar-refractivity contribution in [3.05, 3.63) is 23.3 Å². The molecule has 0 aromatic rings. The Kier molecular flexibility index (Phi) is 2.79. The van der Waals surface area contributed by atoms with Crippen molar-refractivity contribution in [1.82, 2.24) is 0 Å². The molecule has 0 nitrogen and oxygen atoms in total. The number of hydrogen-bond acceptors (Lipinski definition) is 0. The summed E-state index contributed by atoms with van der Waals surface area (Å²) in [5.41, 5.74) is 3.84. The van der Waals surface area contributed by atoms with Crippen LogP contribution in [-0.4, -0.2) is 0 Å². The van der Waals surface area contributed by atoms with Gasteiger partial charge in [-0.2, -0.15) is 0 Å². The van der Waals surface area contributed by atoms with Gasteiger partial charge in [-0.3, -0.25) is 0 Å². The van der Waals surface area contributed by atoms with Crippen LogP contribution in [0.3, 0.4) is 0 Å². The highest BCUT2D eigenvalue weighted by Crippen LogP contribution is 2.67. The third kappa shape index (κ3) is 1.91. The van der Waals surface area contributed by atoms with Crippen molar-refractivity contribution in [2.75, 3.05) is 0 Å². The fourth-order valence-electron chi connectivity index (χ4n) is 3.31. The fourth-order valence-corrected chi connectivity index (χ4v) is 3.31. The molecule has 1 saturated carbocycles. The monoisotopic (exact) mass is 204 g/mol. The molecule has 3 atom stereocenters. The van der Waals surface area contributed by atoms with Gasteiger partial charge in [0, 0.05) is 0 Å². The molecule has 0 aromatic heterocycles. The molecule has 0 amide bonds. The van der Waals surface area contributed by atoms with Gasteiger partial charge in [-0.05, 0) is 63.7 Å². The first-order valence-corrected chi connectivity index (χ1v) is 6.36. The molecule has 0 spiro atoms. The van der Waals surface area contributed by atoms with Crippen molar-refractivity contribution in [3.63, 3.8) is 0 Å². The predicted octanol–water partition coefficient (Wildman–Crippen LogP) is 4.73. The van der Waals surface area contributed by atoms with E-state index in [4.69, 9.17) is 0 Å². The fraction of sp³-hybridized carbons (Fsp3) is 0.733. The van der Waals surface area contributed by atoms with Gasteiger partial charge in [0.25, 0.3) is 0 Å². The van der Waals surface area contributed by atoms with Crippen molar-refractivity contribution in [2.24, 2.45) is 17.3 Å². The average molecular weight is 204 g/mol. The van der Waals surface area contributed by atoms with Crippen molar-refractivity contribution in [2.45, 2.75) is 53.4 Å². The summed E-state index contributed by atoms with van der Waals surface area (Å²) in [7, 11) is 0. The van der Waals surface area contributed by atoms with Crippen LogP contribution in [0.15, 0.2) is 23.3 Å². The van der Waals surface area contributed by atoms with E-state index in [9.17, 15) is 0 Å². The maximum Gasteiger partial charge on any atom is -0.0138 e. The average Bonchev–Trinajstić information content (AvgIpc) is 2.82. The number of rotatable bonds is 4. The van der Waals surface area contributed by atoms with Gasteiger partial charge in [0.2, 0.25) is 0 Å². The standard InChI is InChI=1S/C15H24/c1-11(2)6-5-7-13(4)15-9-8-12(3)14(15)10-15/h6,8,13-14H,5,7,9-10H2,1-4H3. The molecule has 0 bridgehead atoms. The lowest BCUT2D eigenvalue weighted by molar-refractivity contribution is 0.309. The van der Waals surface area contributed by atoms with Crippen molar-refractivity contribution < 1.29 is 0 Å². The van der Waals surface area contributed by atoms with Crippen LogP contribution in [-0.2, 0) is 0 Å². The minimum absolute atomic E-state index is 0.708. The highest BCUT2D eigenvalue weighted by atomic mass is 14.6. The minimum atomic E-state index is 0.708. The van der Waals surface area contributed by atoms with E-state index >= 15 is 0 Å². The Morgan fingerprint density at radius 3 is 2.80 bits per heavy atom. The van der Waals surface area contributed by atoms with Crippen LogP contribution < -0.4 is 0 Å². The van der Waals surface area contributed by atoms with Gasteiger partial charge in [0.1, 0.15) is 0 Å². The van der Waals surface area contributed by atoms with Gasteiger partial charge in [0.15, 0.2) is 0 Å². The molecule has 0 N–H and O–H groups in total. The molecule has 2 aliphatic rings. The summed E-state index contributed by atoms with van der Waals surface area (Å²) >= 11 is 0. The summed E-state index contributed by atoms with van der Waals surface area (Å²) in [4.78, 5) is 0. The van der Waals surface area contributed by atoms with Crippen molar-refractivity contribution in [1.29, 1.82) is 0 Å². The first-order chi connectivity index (χ1) is 7.06. The smallest absolute Gasteiger partial charge is 0.0138 e. The quantitative estimate of drug-likeness (QED) is 0.581. The summed E-state index contributed by atoms with van der Waals surface area (Å²) in [6, 6.07) is 0. The van der Waals surface area contributed by atoms with E-state index in [1.165, 1.54) is 31.3 Å². The van der Waals surface area contributed by atoms with E-state index < -0.39 is 0 Å². The maximum atomic E-state index is 2.48. The Morgan fingerprint density at radius 1 is 1.60 bits per heavy atom. The maximum absolute atomic E-state index is 2.48. The normalized spacial score (nSPS) is 34.4. The summed E-state index contributed by atoms with van der Waals surface area (Å²) < 4.78 is 0. The van der Waals surface area contributed by atoms with Crippen molar-refractivity contribution >= 4 is 0 Å². The predicted molar refractivity (Wildman–Crippen MR) is 66.7 cm³/mol. The zero-order valence-corrected chi connectivity index (χ0v) is 10.6. The first-order valence-electron chi connectivity index (χ1n) is 6.36. The highest BCUT2D eigenvalue weighted by molar-refractivity contribution is 5.29. The second kappa shape index (κ2) is 3.81. The van der Waals surface area contributed by atoms with E-state index in [1.807, 2.05) is 0 Å². The summed E-state index contributed by atoms with van der Waals surface area (Å²) in [6.45, 7) is 9.18. The van der Waals surface area contributed by atoms with Gasteiger partial charge < -0.3 is 0 Å².